The zero-order valence-electron chi connectivity index (χ0n) is 8.89. The van der Waals surface area contributed by atoms with Crippen LogP contribution in [0, 0.1) is 0 Å². The maximum atomic E-state index is 12.6. The molecular weight excluding hydrogens is 217 g/mol. The monoisotopic (exact) mass is 228 g/mol. The van der Waals surface area contributed by atoms with Crippen LogP contribution in [0.1, 0.15) is 30.9 Å². The first-order chi connectivity index (χ1) is 7.39. The molecule has 1 aromatic heterocycles. The minimum atomic E-state index is -4.32. The highest BCUT2D eigenvalue weighted by Crippen LogP contribution is 2.34. The van der Waals surface area contributed by atoms with Crippen LogP contribution < -0.4 is 0 Å². The molecule has 16 heavy (non-hydrogen) atoms. The molecule has 0 unspecified atom stereocenters. The Hall–Kier alpha value is -1.52. The molecule has 2 rings (SSSR count). The van der Waals surface area contributed by atoms with Crippen LogP contribution in [0.5, 0.6) is 0 Å². The highest BCUT2D eigenvalue weighted by molar-refractivity contribution is 5.83. The van der Waals surface area contributed by atoms with Crippen LogP contribution in [0.4, 0.5) is 13.2 Å². The van der Waals surface area contributed by atoms with E-state index in [2.05, 4.69) is 10.2 Å². The second kappa shape index (κ2) is 3.50. The maximum absolute atomic E-state index is 12.6. The Morgan fingerprint density at radius 3 is 2.50 bits per heavy atom. The van der Waals surface area contributed by atoms with Crippen molar-refractivity contribution in [2.24, 2.45) is 0 Å². The molecule has 0 aliphatic rings. The lowest BCUT2D eigenvalue weighted by molar-refractivity contribution is -0.137. The molecule has 0 aliphatic carbocycles. The maximum Gasteiger partial charge on any atom is 0.416 e. The standard InChI is InChI=1S/C11H11F3N2/c1-6(2)8-3-7(11(12,13)14)4-10-9(8)5-15-16-10/h3-6H,1-2H3,(H,15,16). The van der Waals surface area contributed by atoms with E-state index in [1.807, 2.05) is 13.8 Å². The van der Waals surface area contributed by atoms with Gasteiger partial charge in [0.25, 0.3) is 0 Å². The highest BCUT2D eigenvalue weighted by atomic mass is 19.4. The third kappa shape index (κ3) is 1.77. The summed E-state index contributed by atoms with van der Waals surface area (Å²) >= 11 is 0. The number of alkyl halides is 3. The fourth-order valence-corrected chi connectivity index (χ4v) is 1.72. The number of hydrogen-bond donors (Lipinski definition) is 1. The topological polar surface area (TPSA) is 28.7 Å². The van der Waals surface area contributed by atoms with Gasteiger partial charge < -0.3 is 0 Å². The number of H-pyrrole nitrogens is 1. The average molecular weight is 228 g/mol. The first kappa shape index (κ1) is 11.0. The van der Waals surface area contributed by atoms with Gasteiger partial charge in [0.1, 0.15) is 0 Å². The quantitative estimate of drug-likeness (QED) is 0.792. The fraction of sp³-hybridized carbons (Fsp3) is 0.364. The van der Waals surface area contributed by atoms with Crippen molar-refractivity contribution in [1.82, 2.24) is 10.2 Å². The zero-order valence-corrected chi connectivity index (χ0v) is 8.89. The summed E-state index contributed by atoms with van der Waals surface area (Å²) in [5.41, 5.74) is 0.463. The van der Waals surface area contributed by atoms with Crippen molar-refractivity contribution in [1.29, 1.82) is 0 Å². The highest BCUT2D eigenvalue weighted by Gasteiger charge is 2.31. The van der Waals surface area contributed by atoms with E-state index in [0.717, 1.165) is 11.5 Å². The third-order valence-electron chi connectivity index (χ3n) is 2.54. The third-order valence-corrected chi connectivity index (χ3v) is 2.54. The zero-order chi connectivity index (χ0) is 11.9. The Morgan fingerprint density at radius 2 is 1.94 bits per heavy atom. The molecule has 0 fully saturated rings. The van der Waals surface area contributed by atoms with Gasteiger partial charge in [0.05, 0.1) is 17.3 Å². The molecule has 0 aliphatic heterocycles. The molecule has 0 radical (unpaired) electrons. The van der Waals surface area contributed by atoms with Crippen molar-refractivity contribution in [3.63, 3.8) is 0 Å². The average Bonchev–Trinajstić information content (AvgIpc) is 2.61. The van der Waals surface area contributed by atoms with Crippen LogP contribution >= 0.6 is 0 Å². The van der Waals surface area contributed by atoms with Gasteiger partial charge in [-0.3, -0.25) is 5.10 Å². The largest absolute Gasteiger partial charge is 0.416 e. The summed E-state index contributed by atoms with van der Waals surface area (Å²) in [6.07, 6.45) is -2.76. The molecule has 0 bridgehead atoms. The van der Waals surface area contributed by atoms with Gasteiger partial charge >= 0.3 is 6.18 Å². The number of nitrogens with one attached hydrogen (secondary N) is 1. The van der Waals surface area contributed by atoms with E-state index in [1.54, 1.807) is 6.20 Å². The van der Waals surface area contributed by atoms with Crippen molar-refractivity contribution in [3.05, 3.63) is 29.5 Å². The number of rotatable bonds is 1. The first-order valence-electron chi connectivity index (χ1n) is 4.94. The van der Waals surface area contributed by atoms with E-state index in [0.29, 0.717) is 11.1 Å². The molecule has 2 aromatic rings. The van der Waals surface area contributed by atoms with Crippen LogP contribution in [0.2, 0.25) is 0 Å². The predicted octanol–water partition coefficient (Wildman–Crippen LogP) is 3.71. The molecule has 5 heteroatoms. The lowest BCUT2D eigenvalue weighted by atomic mass is 9.97. The fourth-order valence-electron chi connectivity index (χ4n) is 1.72. The predicted molar refractivity (Wildman–Crippen MR) is 55.2 cm³/mol. The summed E-state index contributed by atoms with van der Waals surface area (Å²) in [5, 5.41) is 7.11. The molecule has 86 valence electrons. The molecule has 1 heterocycles. The van der Waals surface area contributed by atoms with E-state index < -0.39 is 11.7 Å². The van der Waals surface area contributed by atoms with Crippen molar-refractivity contribution in [2.45, 2.75) is 25.9 Å². The number of aromatic nitrogens is 2. The van der Waals surface area contributed by atoms with E-state index in [1.165, 1.54) is 6.07 Å². The SMILES string of the molecule is CC(C)c1cc(C(F)(F)F)cc2[nH]ncc12. The minimum Gasteiger partial charge on any atom is -0.278 e. The van der Waals surface area contributed by atoms with Crippen LogP contribution in [-0.2, 0) is 6.18 Å². The van der Waals surface area contributed by atoms with Gasteiger partial charge in [-0.25, -0.2) is 0 Å². The van der Waals surface area contributed by atoms with Crippen LogP contribution in [0.3, 0.4) is 0 Å². The lowest BCUT2D eigenvalue weighted by Gasteiger charge is -2.12. The summed E-state index contributed by atoms with van der Waals surface area (Å²) in [6.45, 7) is 3.73. The Kier molecular flexibility index (Phi) is 2.40. The van der Waals surface area contributed by atoms with E-state index in [-0.39, 0.29) is 5.92 Å². The molecule has 1 N–H and O–H groups in total. The van der Waals surface area contributed by atoms with Crippen molar-refractivity contribution in [3.8, 4) is 0 Å². The second-order valence-electron chi connectivity index (χ2n) is 4.05. The molecule has 0 atom stereocenters. The van der Waals surface area contributed by atoms with Crippen molar-refractivity contribution in [2.75, 3.05) is 0 Å². The van der Waals surface area contributed by atoms with Crippen LogP contribution in [0.15, 0.2) is 18.3 Å². The number of halogens is 3. The van der Waals surface area contributed by atoms with Crippen LogP contribution in [0.25, 0.3) is 10.9 Å². The number of nitrogens with zero attached hydrogens (tertiary/aromatic N) is 1. The molecular formula is C11H11F3N2. The molecule has 0 spiro atoms. The smallest absolute Gasteiger partial charge is 0.278 e. The van der Waals surface area contributed by atoms with Crippen LogP contribution in [-0.4, -0.2) is 10.2 Å². The second-order valence-corrected chi connectivity index (χ2v) is 4.05. The Labute approximate surface area is 90.5 Å². The van der Waals surface area contributed by atoms with Gasteiger partial charge in [-0.1, -0.05) is 13.8 Å². The number of benzene rings is 1. The normalized spacial score (nSPS) is 12.6. The Bertz CT molecular complexity index is 511. The summed E-state index contributed by atoms with van der Waals surface area (Å²) in [7, 11) is 0. The molecule has 0 amide bonds. The number of hydrogen-bond acceptors (Lipinski definition) is 1. The molecule has 0 saturated carbocycles. The number of aromatic amines is 1. The van der Waals surface area contributed by atoms with Gasteiger partial charge in [-0.05, 0) is 23.6 Å². The van der Waals surface area contributed by atoms with Gasteiger partial charge in [0.15, 0.2) is 0 Å². The minimum absolute atomic E-state index is 0.0300. The summed E-state index contributed by atoms with van der Waals surface area (Å²) < 4.78 is 37.9. The van der Waals surface area contributed by atoms with Gasteiger partial charge in [-0.2, -0.15) is 18.3 Å². The summed E-state index contributed by atoms with van der Waals surface area (Å²) in [5.74, 6) is 0.0300. The number of fused-ring (bicyclic) bond motifs is 1. The molecule has 0 saturated heterocycles. The Morgan fingerprint density at radius 1 is 1.25 bits per heavy atom. The van der Waals surface area contributed by atoms with Crippen molar-refractivity contribution < 1.29 is 13.2 Å². The lowest BCUT2D eigenvalue weighted by Crippen LogP contribution is -2.06. The van der Waals surface area contributed by atoms with Gasteiger partial charge in [0, 0.05) is 5.39 Å². The van der Waals surface area contributed by atoms with E-state index >= 15 is 0 Å². The Balaban J connectivity index is 2.71. The molecule has 1 aromatic carbocycles. The molecule has 2 nitrogen and oxygen atoms in total. The summed E-state index contributed by atoms with van der Waals surface area (Å²) in [4.78, 5) is 0. The van der Waals surface area contributed by atoms with Gasteiger partial charge in [-0.15, -0.1) is 0 Å². The van der Waals surface area contributed by atoms with Gasteiger partial charge in [0.2, 0.25) is 0 Å². The van der Waals surface area contributed by atoms with Crippen molar-refractivity contribution >= 4 is 10.9 Å². The first-order valence-corrected chi connectivity index (χ1v) is 4.94. The summed E-state index contributed by atoms with van der Waals surface area (Å²) in [6, 6.07) is 2.29. The van der Waals surface area contributed by atoms with E-state index in [4.69, 9.17) is 0 Å². The van der Waals surface area contributed by atoms with E-state index in [9.17, 15) is 13.2 Å².